The van der Waals surface area contributed by atoms with Crippen LogP contribution in [-0.4, -0.2) is 0 Å². The average Bonchev–Trinajstić information content (AvgIpc) is 2.18. The van der Waals surface area contributed by atoms with Crippen LogP contribution in [-0.2, 0) is 6.42 Å². The standard InChI is InChI=1S/C13H13N/c1-9-12(10(2)14)8-7-11-5-3-4-6-13(9)11/h3-6,8H,1-2,7,14H2. The van der Waals surface area contributed by atoms with Gasteiger partial charge in [-0.05, 0) is 23.1 Å². The molecule has 0 amide bonds. The van der Waals surface area contributed by atoms with Gasteiger partial charge in [0.1, 0.15) is 0 Å². The normalized spacial score (nSPS) is 14.6. The Labute approximate surface area is 84.3 Å². The van der Waals surface area contributed by atoms with Gasteiger partial charge >= 0.3 is 0 Å². The number of allylic oxidation sites excluding steroid dienone is 2. The van der Waals surface area contributed by atoms with E-state index in [1.807, 2.05) is 12.1 Å². The predicted octanol–water partition coefficient (Wildman–Crippen LogP) is 2.65. The summed E-state index contributed by atoms with van der Waals surface area (Å²) < 4.78 is 0. The zero-order valence-corrected chi connectivity index (χ0v) is 8.09. The van der Waals surface area contributed by atoms with Crippen LogP contribution in [0, 0.1) is 0 Å². The van der Waals surface area contributed by atoms with Crippen molar-refractivity contribution in [1.29, 1.82) is 0 Å². The molecule has 0 bridgehead atoms. The first kappa shape index (κ1) is 8.82. The molecule has 0 fully saturated rings. The number of fused-ring (bicyclic) bond motifs is 1. The van der Waals surface area contributed by atoms with Crippen molar-refractivity contribution >= 4 is 5.57 Å². The van der Waals surface area contributed by atoms with Crippen LogP contribution >= 0.6 is 0 Å². The molecule has 1 aliphatic carbocycles. The van der Waals surface area contributed by atoms with E-state index < -0.39 is 0 Å². The molecule has 2 N–H and O–H groups in total. The average molecular weight is 183 g/mol. The molecule has 0 saturated carbocycles. The third kappa shape index (κ3) is 1.27. The van der Waals surface area contributed by atoms with Gasteiger partial charge in [0, 0.05) is 11.3 Å². The Balaban J connectivity index is 2.50. The minimum atomic E-state index is 0.601. The second-order valence-corrected chi connectivity index (χ2v) is 3.48. The lowest BCUT2D eigenvalue weighted by Crippen LogP contribution is -2.07. The second-order valence-electron chi connectivity index (χ2n) is 3.48. The van der Waals surface area contributed by atoms with Crippen LogP contribution in [0.4, 0.5) is 0 Å². The van der Waals surface area contributed by atoms with E-state index >= 15 is 0 Å². The summed E-state index contributed by atoms with van der Waals surface area (Å²) in [5, 5.41) is 0. The van der Waals surface area contributed by atoms with Crippen LogP contribution in [0.2, 0.25) is 0 Å². The summed E-state index contributed by atoms with van der Waals surface area (Å²) in [5.41, 5.74) is 10.8. The lowest BCUT2D eigenvalue weighted by atomic mass is 9.87. The number of benzene rings is 1. The predicted molar refractivity (Wildman–Crippen MR) is 60.6 cm³/mol. The van der Waals surface area contributed by atoms with Crippen molar-refractivity contribution in [2.75, 3.05) is 0 Å². The summed E-state index contributed by atoms with van der Waals surface area (Å²) in [6.07, 6.45) is 3.01. The van der Waals surface area contributed by atoms with Gasteiger partial charge < -0.3 is 5.73 Å². The van der Waals surface area contributed by atoms with Gasteiger partial charge in [-0.25, -0.2) is 0 Å². The highest BCUT2D eigenvalue weighted by Gasteiger charge is 2.14. The number of hydrogen-bond acceptors (Lipinski definition) is 1. The molecule has 1 aromatic carbocycles. The number of nitrogens with two attached hydrogens (primary N) is 1. The van der Waals surface area contributed by atoms with E-state index in [9.17, 15) is 0 Å². The Bertz CT molecular complexity index is 438. The van der Waals surface area contributed by atoms with Gasteiger partial charge in [0.25, 0.3) is 0 Å². The fourth-order valence-corrected chi connectivity index (χ4v) is 1.80. The van der Waals surface area contributed by atoms with E-state index in [0.717, 1.165) is 17.6 Å². The van der Waals surface area contributed by atoms with Crippen molar-refractivity contribution in [1.82, 2.24) is 0 Å². The Morgan fingerprint density at radius 2 is 2.00 bits per heavy atom. The summed E-state index contributed by atoms with van der Waals surface area (Å²) in [5.74, 6) is 0. The monoisotopic (exact) mass is 183 g/mol. The van der Waals surface area contributed by atoms with E-state index in [-0.39, 0.29) is 0 Å². The van der Waals surface area contributed by atoms with E-state index in [1.54, 1.807) is 0 Å². The molecule has 0 atom stereocenters. The SMILES string of the molecule is C=C(N)C1=CCc2ccccc2C1=C. The molecule has 1 nitrogen and oxygen atoms in total. The molecule has 0 heterocycles. The van der Waals surface area contributed by atoms with E-state index in [4.69, 9.17) is 5.73 Å². The highest BCUT2D eigenvalue weighted by molar-refractivity contribution is 5.84. The summed E-state index contributed by atoms with van der Waals surface area (Å²) >= 11 is 0. The van der Waals surface area contributed by atoms with Gasteiger partial charge in [0.15, 0.2) is 0 Å². The topological polar surface area (TPSA) is 26.0 Å². The zero-order chi connectivity index (χ0) is 10.1. The number of rotatable bonds is 1. The second kappa shape index (κ2) is 3.18. The quantitative estimate of drug-likeness (QED) is 0.711. The van der Waals surface area contributed by atoms with Crippen LogP contribution in [0.3, 0.4) is 0 Å². The molecule has 0 radical (unpaired) electrons. The maximum Gasteiger partial charge on any atom is 0.0317 e. The summed E-state index contributed by atoms with van der Waals surface area (Å²) in [6, 6.07) is 8.26. The van der Waals surface area contributed by atoms with Gasteiger partial charge in [-0.3, -0.25) is 0 Å². The third-order valence-corrected chi connectivity index (χ3v) is 2.54. The molecule has 0 spiro atoms. The molecular weight excluding hydrogens is 170 g/mol. The van der Waals surface area contributed by atoms with Crippen molar-refractivity contribution in [3.05, 3.63) is 65.9 Å². The summed E-state index contributed by atoms with van der Waals surface area (Å²) in [6.45, 7) is 7.80. The highest BCUT2D eigenvalue weighted by Crippen LogP contribution is 2.31. The maximum absolute atomic E-state index is 5.69. The van der Waals surface area contributed by atoms with Crippen LogP contribution in [0.15, 0.2) is 54.8 Å². The molecular formula is C13H13N. The summed E-state index contributed by atoms with van der Waals surface area (Å²) in [4.78, 5) is 0. The largest absolute Gasteiger partial charge is 0.399 e. The lowest BCUT2D eigenvalue weighted by Gasteiger charge is -2.19. The molecule has 70 valence electrons. The Kier molecular flexibility index (Phi) is 2.01. The van der Waals surface area contributed by atoms with Crippen molar-refractivity contribution in [3.8, 4) is 0 Å². The minimum Gasteiger partial charge on any atom is -0.399 e. The van der Waals surface area contributed by atoms with Crippen LogP contribution < -0.4 is 5.73 Å². The van der Waals surface area contributed by atoms with Crippen LogP contribution in [0.25, 0.3) is 5.57 Å². The molecule has 2 rings (SSSR count). The van der Waals surface area contributed by atoms with Crippen molar-refractivity contribution in [2.45, 2.75) is 6.42 Å². The fraction of sp³-hybridized carbons (Fsp3) is 0.0769. The molecule has 0 saturated heterocycles. The van der Waals surface area contributed by atoms with Gasteiger partial charge in [-0.2, -0.15) is 0 Å². The molecule has 14 heavy (non-hydrogen) atoms. The molecule has 0 unspecified atom stereocenters. The first-order chi connectivity index (χ1) is 6.70. The first-order valence-corrected chi connectivity index (χ1v) is 4.62. The third-order valence-electron chi connectivity index (χ3n) is 2.54. The molecule has 1 aromatic rings. The molecule has 1 aliphatic rings. The fourth-order valence-electron chi connectivity index (χ4n) is 1.80. The highest BCUT2D eigenvalue weighted by atomic mass is 14.6. The van der Waals surface area contributed by atoms with Gasteiger partial charge in [-0.15, -0.1) is 0 Å². The van der Waals surface area contributed by atoms with E-state index in [1.165, 1.54) is 11.1 Å². The Hall–Kier alpha value is -1.76. The smallest absolute Gasteiger partial charge is 0.0317 e. The van der Waals surface area contributed by atoms with Gasteiger partial charge in [0.2, 0.25) is 0 Å². The van der Waals surface area contributed by atoms with Gasteiger partial charge in [0.05, 0.1) is 0 Å². The molecule has 0 aliphatic heterocycles. The Morgan fingerprint density at radius 3 is 2.71 bits per heavy atom. The van der Waals surface area contributed by atoms with Gasteiger partial charge in [-0.1, -0.05) is 43.5 Å². The van der Waals surface area contributed by atoms with Crippen molar-refractivity contribution in [3.63, 3.8) is 0 Å². The van der Waals surface area contributed by atoms with E-state index in [2.05, 4.69) is 31.4 Å². The Morgan fingerprint density at radius 1 is 1.29 bits per heavy atom. The summed E-state index contributed by atoms with van der Waals surface area (Å²) in [7, 11) is 0. The van der Waals surface area contributed by atoms with Crippen LogP contribution in [0.5, 0.6) is 0 Å². The first-order valence-electron chi connectivity index (χ1n) is 4.62. The van der Waals surface area contributed by atoms with Crippen molar-refractivity contribution < 1.29 is 0 Å². The zero-order valence-electron chi connectivity index (χ0n) is 8.09. The molecule has 0 aromatic heterocycles. The number of hydrogen-bond donors (Lipinski definition) is 1. The maximum atomic E-state index is 5.69. The van der Waals surface area contributed by atoms with Crippen LogP contribution in [0.1, 0.15) is 11.1 Å². The minimum absolute atomic E-state index is 0.601. The van der Waals surface area contributed by atoms with Crippen molar-refractivity contribution in [2.24, 2.45) is 5.73 Å². The van der Waals surface area contributed by atoms with E-state index in [0.29, 0.717) is 5.70 Å². The lowest BCUT2D eigenvalue weighted by molar-refractivity contribution is 1.18. The molecule has 1 heteroatoms.